The number of rotatable bonds is 2. The number of nitrogens with zero attached hydrogens (tertiary/aromatic N) is 1. The summed E-state index contributed by atoms with van der Waals surface area (Å²) in [5.74, 6) is -0.136. The van der Waals surface area contributed by atoms with E-state index in [-0.39, 0.29) is 11.5 Å². The molecule has 0 unspecified atom stereocenters. The van der Waals surface area contributed by atoms with E-state index in [9.17, 15) is 14.9 Å². The molecule has 0 fully saturated rings. The van der Waals surface area contributed by atoms with Gasteiger partial charge in [-0.3, -0.25) is 14.9 Å². The van der Waals surface area contributed by atoms with E-state index in [0.29, 0.717) is 4.88 Å². The predicted octanol–water partition coefficient (Wildman–Crippen LogP) is 1.86. The molecular weight excluding hydrogens is 166 g/mol. The Morgan fingerprint density at radius 2 is 2.36 bits per heavy atom. The quantitative estimate of drug-likeness (QED) is 0.387. The molecule has 0 atom stereocenters. The molecule has 1 rings (SSSR count). The predicted molar refractivity (Wildman–Crippen MR) is 41.0 cm³/mol. The van der Waals surface area contributed by atoms with Gasteiger partial charge in [0, 0.05) is 6.07 Å². The van der Waals surface area contributed by atoms with Crippen molar-refractivity contribution < 1.29 is 9.72 Å². The summed E-state index contributed by atoms with van der Waals surface area (Å²) in [6.07, 6.45) is 0. The molecule has 0 aliphatic rings. The van der Waals surface area contributed by atoms with E-state index in [2.05, 4.69) is 0 Å². The SMILES string of the molecule is CC(=O)c1cc([N+](=O)[O-])cs1. The molecule has 11 heavy (non-hydrogen) atoms. The first kappa shape index (κ1) is 7.87. The average Bonchev–Trinajstić information content (AvgIpc) is 2.33. The van der Waals surface area contributed by atoms with Crippen LogP contribution >= 0.6 is 11.3 Å². The minimum atomic E-state index is -0.511. The molecule has 0 aliphatic heterocycles. The van der Waals surface area contributed by atoms with Gasteiger partial charge in [0.25, 0.3) is 5.69 Å². The number of hydrogen-bond donors (Lipinski definition) is 0. The Labute approximate surface area is 66.6 Å². The number of thiophene rings is 1. The zero-order valence-corrected chi connectivity index (χ0v) is 6.55. The molecule has 0 spiro atoms. The van der Waals surface area contributed by atoms with Crippen LogP contribution < -0.4 is 0 Å². The van der Waals surface area contributed by atoms with Crippen molar-refractivity contribution in [2.45, 2.75) is 6.92 Å². The van der Waals surface area contributed by atoms with E-state index in [1.807, 2.05) is 0 Å². The van der Waals surface area contributed by atoms with Gasteiger partial charge < -0.3 is 0 Å². The van der Waals surface area contributed by atoms with Gasteiger partial charge in [-0.1, -0.05) is 0 Å². The number of hydrogen-bond acceptors (Lipinski definition) is 4. The Hall–Kier alpha value is -1.23. The molecule has 4 nitrogen and oxygen atoms in total. The van der Waals surface area contributed by atoms with Gasteiger partial charge in [0.2, 0.25) is 0 Å². The van der Waals surface area contributed by atoms with Gasteiger partial charge in [-0.2, -0.15) is 0 Å². The summed E-state index contributed by atoms with van der Waals surface area (Å²) in [7, 11) is 0. The lowest BCUT2D eigenvalue weighted by Gasteiger charge is -1.81. The highest BCUT2D eigenvalue weighted by atomic mass is 32.1. The topological polar surface area (TPSA) is 60.2 Å². The highest BCUT2D eigenvalue weighted by Gasteiger charge is 2.10. The second kappa shape index (κ2) is 2.79. The minimum absolute atomic E-state index is 0.0137. The van der Waals surface area contributed by atoms with Crippen LogP contribution in [-0.2, 0) is 0 Å². The molecule has 0 aliphatic carbocycles. The number of carbonyl (C=O) groups is 1. The van der Waals surface area contributed by atoms with Crippen molar-refractivity contribution in [3.05, 3.63) is 26.4 Å². The molecule has 0 aromatic carbocycles. The smallest absolute Gasteiger partial charge is 0.280 e. The summed E-state index contributed by atoms with van der Waals surface area (Å²) in [5.41, 5.74) is -0.0137. The Balaban J connectivity index is 2.99. The summed E-state index contributed by atoms with van der Waals surface area (Å²) in [6.45, 7) is 1.38. The maximum Gasteiger partial charge on any atom is 0.280 e. The molecule has 0 saturated heterocycles. The lowest BCUT2D eigenvalue weighted by molar-refractivity contribution is -0.384. The van der Waals surface area contributed by atoms with Gasteiger partial charge in [0.15, 0.2) is 5.78 Å². The van der Waals surface area contributed by atoms with Gasteiger partial charge in [-0.05, 0) is 6.92 Å². The number of nitro groups is 1. The highest BCUT2D eigenvalue weighted by Crippen LogP contribution is 2.21. The van der Waals surface area contributed by atoms with Crippen LogP contribution in [0, 0.1) is 10.1 Å². The van der Waals surface area contributed by atoms with E-state index < -0.39 is 4.92 Å². The maximum absolute atomic E-state index is 10.7. The highest BCUT2D eigenvalue weighted by molar-refractivity contribution is 7.12. The van der Waals surface area contributed by atoms with Gasteiger partial charge in [0.05, 0.1) is 15.2 Å². The second-order valence-electron chi connectivity index (χ2n) is 1.98. The van der Waals surface area contributed by atoms with Crippen molar-refractivity contribution >= 4 is 22.8 Å². The Morgan fingerprint density at radius 1 is 1.73 bits per heavy atom. The van der Waals surface area contributed by atoms with Crippen molar-refractivity contribution in [2.75, 3.05) is 0 Å². The van der Waals surface area contributed by atoms with Gasteiger partial charge >= 0.3 is 0 Å². The van der Waals surface area contributed by atoms with Crippen LogP contribution in [-0.4, -0.2) is 10.7 Å². The minimum Gasteiger partial charge on any atom is -0.294 e. The normalized spacial score (nSPS) is 9.55. The zero-order valence-electron chi connectivity index (χ0n) is 5.73. The van der Waals surface area contributed by atoms with Crippen molar-refractivity contribution in [1.82, 2.24) is 0 Å². The molecule has 0 bridgehead atoms. The number of ketones is 1. The van der Waals surface area contributed by atoms with Crippen LogP contribution in [0.1, 0.15) is 16.6 Å². The third kappa shape index (κ3) is 1.62. The molecular formula is C6H5NO3S. The first-order valence-corrected chi connectivity index (χ1v) is 3.73. The molecule has 1 heterocycles. The van der Waals surface area contributed by atoms with Crippen LogP contribution in [0.3, 0.4) is 0 Å². The van der Waals surface area contributed by atoms with Crippen LogP contribution in [0.5, 0.6) is 0 Å². The van der Waals surface area contributed by atoms with Crippen LogP contribution in [0.25, 0.3) is 0 Å². The fourth-order valence-corrected chi connectivity index (χ4v) is 1.36. The molecule has 58 valence electrons. The number of Topliss-reactive ketones (excluding diaryl/α,β-unsaturated/α-hetero) is 1. The molecule has 0 amide bonds. The molecule has 0 N–H and O–H groups in total. The van der Waals surface area contributed by atoms with E-state index in [1.54, 1.807) is 0 Å². The third-order valence-electron chi connectivity index (χ3n) is 1.14. The van der Waals surface area contributed by atoms with E-state index in [4.69, 9.17) is 0 Å². The van der Waals surface area contributed by atoms with Gasteiger partial charge in [0.1, 0.15) is 0 Å². The summed E-state index contributed by atoms with van der Waals surface area (Å²) in [4.78, 5) is 20.7. The van der Waals surface area contributed by atoms with Gasteiger partial charge in [-0.15, -0.1) is 11.3 Å². The van der Waals surface area contributed by atoms with Crippen LogP contribution in [0.4, 0.5) is 5.69 Å². The van der Waals surface area contributed by atoms with Crippen LogP contribution in [0.15, 0.2) is 11.4 Å². The summed E-state index contributed by atoms with van der Waals surface area (Å²) in [5, 5.41) is 11.5. The van der Waals surface area contributed by atoms with Crippen molar-refractivity contribution in [3.8, 4) is 0 Å². The summed E-state index contributed by atoms with van der Waals surface area (Å²) in [6, 6.07) is 1.28. The van der Waals surface area contributed by atoms with E-state index in [0.717, 1.165) is 11.3 Å². The second-order valence-corrected chi connectivity index (χ2v) is 2.89. The molecule has 1 aromatic rings. The fraction of sp³-hybridized carbons (Fsp3) is 0.167. The first-order chi connectivity index (χ1) is 5.11. The summed E-state index contributed by atoms with van der Waals surface area (Å²) < 4.78 is 0. The molecule has 1 aromatic heterocycles. The molecule has 0 saturated carbocycles. The van der Waals surface area contributed by atoms with Crippen molar-refractivity contribution in [3.63, 3.8) is 0 Å². The third-order valence-corrected chi connectivity index (χ3v) is 2.16. The van der Waals surface area contributed by atoms with Crippen LogP contribution in [0.2, 0.25) is 0 Å². The lowest BCUT2D eigenvalue weighted by atomic mass is 10.3. The maximum atomic E-state index is 10.7. The van der Waals surface area contributed by atoms with E-state index >= 15 is 0 Å². The lowest BCUT2D eigenvalue weighted by Crippen LogP contribution is -1.86. The Morgan fingerprint density at radius 3 is 2.64 bits per heavy atom. The Bertz CT molecular complexity index is 276. The van der Waals surface area contributed by atoms with Gasteiger partial charge in [-0.25, -0.2) is 0 Å². The zero-order chi connectivity index (χ0) is 8.43. The van der Waals surface area contributed by atoms with Crippen molar-refractivity contribution in [2.24, 2.45) is 0 Å². The number of carbonyl (C=O) groups excluding carboxylic acids is 1. The molecule has 0 radical (unpaired) electrons. The fourth-order valence-electron chi connectivity index (χ4n) is 0.607. The standard InChI is InChI=1S/C6H5NO3S/c1-4(8)6-2-5(3-11-6)7(9)10/h2-3H,1H3. The monoisotopic (exact) mass is 171 g/mol. The Kier molecular flexibility index (Phi) is 2.00. The first-order valence-electron chi connectivity index (χ1n) is 2.85. The average molecular weight is 171 g/mol. The van der Waals surface area contributed by atoms with E-state index in [1.165, 1.54) is 18.4 Å². The molecule has 5 heteroatoms. The summed E-state index contributed by atoms with van der Waals surface area (Å²) >= 11 is 1.09. The largest absolute Gasteiger partial charge is 0.294 e. The van der Waals surface area contributed by atoms with Crippen molar-refractivity contribution in [1.29, 1.82) is 0 Å².